The molecule has 0 aliphatic heterocycles. The molecule has 0 aromatic heterocycles. The summed E-state index contributed by atoms with van der Waals surface area (Å²) < 4.78 is 57.8. The third kappa shape index (κ3) is 5.84. The highest BCUT2D eigenvalue weighted by atomic mass is 19.3. The summed E-state index contributed by atoms with van der Waals surface area (Å²) in [5, 5.41) is 0.516. The lowest BCUT2D eigenvalue weighted by atomic mass is 9.63. The largest absolute Gasteiger partial charge is 0.429 e. The molecule has 2 fully saturated rings. The van der Waals surface area contributed by atoms with Gasteiger partial charge in [-0.25, -0.2) is 8.78 Å². The molecule has 2 saturated carbocycles. The molecule has 2 aromatic carbocycles. The predicted molar refractivity (Wildman–Crippen MR) is 125 cm³/mol. The van der Waals surface area contributed by atoms with Gasteiger partial charge in [-0.15, -0.1) is 0 Å². The monoisotopic (exact) mass is 464 g/mol. The Hall–Kier alpha value is -1.78. The molecule has 2 aliphatic carbocycles. The fourth-order valence-corrected chi connectivity index (χ4v) is 6.37. The van der Waals surface area contributed by atoms with Crippen molar-refractivity contribution in [3.8, 4) is 5.75 Å². The topological polar surface area (TPSA) is 9.23 Å². The van der Waals surface area contributed by atoms with Gasteiger partial charge in [-0.1, -0.05) is 70.1 Å². The van der Waals surface area contributed by atoms with Gasteiger partial charge in [0.05, 0.1) is 0 Å². The molecule has 0 spiro atoms. The summed E-state index contributed by atoms with van der Waals surface area (Å²) in [5.74, 6) is -0.313. The van der Waals surface area contributed by atoms with Crippen molar-refractivity contribution in [2.24, 2.45) is 17.8 Å². The van der Waals surface area contributed by atoms with Crippen LogP contribution in [0.2, 0.25) is 0 Å². The number of hydrogen-bond acceptors (Lipinski definition) is 1. The number of unbranched alkanes of at least 4 members (excludes halogenated alkanes) is 4. The van der Waals surface area contributed by atoms with Crippen LogP contribution in [0.15, 0.2) is 24.3 Å². The average Bonchev–Trinajstić information content (AvgIpc) is 2.80. The van der Waals surface area contributed by atoms with E-state index in [0.29, 0.717) is 11.3 Å². The van der Waals surface area contributed by atoms with E-state index in [2.05, 4.69) is 11.7 Å². The quantitative estimate of drug-likeness (QED) is 0.265. The normalized spacial score (nSPS) is 25.4. The van der Waals surface area contributed by atoms with Crippen molar-refractivity contribution in [2.45, 2.75) is 96.5 Å². The lowest BCUT2D eigenvalue weighted by molar-refractivity contribution is -0.0544. The maximum Gasteiger partial charge on any atom is 0.387 e. The minimum Gasteiger partial charge on any atom is -0.429 e. The first kappa shape index (κ1) is 24.3. The Balaban J connectivity index is 1.38. The summed E-state index contributed by atoms with van der Waals surface area (Å²) in [6, 6.07) is 6.40. The molecule has 4 unspecified atom stereocenters. The van der Waals surface area contributed by atoms with Crippen LogP contribution in [0.25, 0.3) is 10.8 Å². The van der Waals surface area contributed by atoms with Crippen LogP contribution < -0.4 is 4.74 Å². The molecule has 0 radical (unpaired) electrons. The van der Waals surface area contributed by atoms with E-state index in [0.717, 1.165) is 42.2 Å². The second kappa shape index (κ2) is 11.1. The third-order valence-corrected chi connectivity index (χ3v) is 8.13. The van der Waals surface area contributed by atoms with Gasteiger partial charge >= 0.3 is 6.61 Å². The lowest BCUT2D eigenvalue weighted by Crippen LogP contribution is -2.30. The fraction of sp³-hybridized carbons (Fsp3) is 0.643. The summed E-state index contributed by atoms with van der Waals surface area (Å²) in [5.41, 5.74) is 1.10. The zero-order chi connectivity index (χ0) is 23.4. The van der Waals surface area contributed by atoms with Crippen LogP contribution in [-0.2, 0) is 0 Å². The van der Waals surface area contributed by atoms with Gasteiger partial charge in [0.1, 0.15) is 0 Å². The number of benzene rings is 2. The number of ether oxygens (including phenoxy) is 1. The van der Waals surface area contributed by atoms with Crippen molar-refractivity contribution in [2.75, 3.05) is 0 Å². The van der Waals surface area contributed by atoms with Gasteiger partial charge < -0.3 is 4.74 Å². The lowest BCUT2D eigenvalue weighted by Gasteiger charge is -2.42. The maximum absolute atomic E-state index is 14.6. The standard InChI is InChI=1S/C28H36F4O/c1-2-3-4-5-6-7-18-8-9-20-15-21(11-10-19(20)14-18)22-12-13-24-23(16-22)17-25(29)27(26(24)30)33-28(31)32/h12-13,16-21,28H,2-11,14-15H2,1H3. The fourth-order valence-electron chi connectivity index (χ4n) is 6.37. The molecule has 4 atom stereocenters. The van der Waals surface area contributed by atoms with Crippen LogP contribution in [0.5, 0.6) is 5.75 Å². The van der Waals surface area contributed by atoms with Crippen LogP contribution in [0.1, 0.15) is 95.5 Å². The molecule has 2 aromatic rings. The van der Waals surface area contributed by atoms with Gasteiger partial charge in [0.2, 0.25) is 0 Å². The average molecular weight is 465 g/mol. The molecule has 5 heteroatoms. The van der Waals surface area contributed by atoms with Gasteiger partial charge in [0, 0.05) is 5.39 Å². The smallest absolute Gasteiger partial charge is 0.387 e. The van der Waals surface area contributed by atoms with Crippen molar-refractivity contribution in [3.63, 3.8) is 0 Å². The van der Waals surface area contributed by atoms with Crippen LogP contribution in [0.4, 0.5) is 17.6 Å². The van der Waals surface area contributed by atoms with E-state index >= 15 is 0 Å². The summed E-state index contributed by atoms with van der Waals surface area (Å²) >= 11 is 0. The van der Waals surface area contributed by atoms with Gasteiger partial charge in [0.25, 0.3) is 0 Å². The van der Waals surface area contributed by atoms with Gasteiger partial charge in [-0.2, -0.15) is 8.78 Å². The number of fused-ring (bicyclic) bond motifs is 2. The van der Waals surface area contributed by atoms with Crippen LogP contribution in [0, 0.1) is 29.4 Å². The first-order valence-corrected chi connectivity index (χ1v) is 12.8. The number of rotatable bonds is 9. The van der Waals surface area contributed by atoms with Crippen molar-refractivity contribution in [3.05, 3.63) is 41.5 Å². The molecule has 4 rings (SSSR count). The van der Waals surface area contributed by atoms with Gasteiger partial charge in [0.15, 0.2) is 17.4 Å². The molecule has 0 heterocycles. The highest BCUT2D eigenvalue weighted by molar-refractivity contribution is 5.85. The van der Waals surface area contributed by atoms with Gasteiger partial charge in [-0.3, -0.25) is 0 Å². The van der Waals surface area contributed by atoms with Crippen LogP contribution >= 0.6 is 0 Å². The van der Waals surface area contributed by atoms with Crippen molar-refractivity contribution in [1.29, 1.82) is 0 Å². The third-order valence-electron chi connectivity index (χ3n) is 8.13. The SMILES string of the molecule is CCCCCCCC1CCC2CC(c3ccc4c(F)c(OC(F)F)c(F)cc4c3)CCC2C1. The number of hydrogen-bond donors (Lipinski definition) is 0. The van der Waals surface area contributed by atoms with E-state index < -0.39 is 24.0 Å². The van der Waals surface area contributed by atoms with E-state index in [1.807, 2.05) is 12.1 Å². The van der Waals surface area contributed by atoms with Gasteiger partial charge in [-0.05, 0) is 72.8 Å². The molecule has 33 heavy (non-hydrogen) atoms. The second-order valence-electron chi connectivity index (χ2n) is 10.3. The van der Waals surface area contributed by atoms with Crippen molar-refractivity contribution < 1.29 is 22.3 Å². The molecule has 2 aliphatic rings. The number of alkyl halides is 2. The van der Waals surface area contributed by atoms with Crippen LogP contribution in [-0.4, -0.2) is 6.61 Å². The van der Waals surface area contributed by atoms with Crippen LogP contribution in [0.3, 0.4) is 0 Å². The Kier molecular flexibility index (Phi) is 8.19. The zero-order valence-corrected chi connectivity index (χ0v) is 19.6. The minimum atomic E-state index is -3.27. The highest BCUT2D eigenvalue weighted by Gasteiger charge is 2.36. The summed E-state index contributed by atoms with van der Waals surface area (Å²) in [6.07, 6.45) is 15.6. The first-order chi connectivity index (χ1) is 16.0. The Morgan fingerprint density at radius 2 is 1.67 bits per heavy atom. The Bertz CT molecular complexity index is 928. The summed E-state index contributed by atoms with van der Waals surface area (Å²) in [4.78, 5) is 0. The molecule has 0 N–H and O–H groups in total. The predicted octanol–water partition coefficient (Wildman–Crippen LogP) is 9.38. The molecule has 1 nitrogen and oxygen atoms in total. The first-order valence-electron chi connectivity index (χ1n) is 12.8. The maximum atomic E-state index is 14.6. The molecule has 0 amide bonds. The molecule has 0 bridgehead atoms. The van der Waals surface area contributed by atoms with E-state index in [1.54, 1.807) is 6.07 Å². The Morgan fingerprint density at radius 1 is 0.909 bits per heavy atom. The molecule has 0 saturated heterocycles. The van der Waals surface area contributed by atoms with E-state index in [-0.39, 0.29) is 5.39 Å². The van der Waals surface area contributed by atoms with E-state index in [1.165, 1.54) is 64.2 Å². The summed E-state index contributed by atoms with van der Waals surface area (Å²) in [6.45, 7) is -1.01. The minimum absolute atomic E-state index is 0.115. The van der Waals surface area contributed by atoms with E-state index in [9.17, 15) is 17.6 Å². The zero-order valence-electron chi connectivity index (χ0n) is 19.6. The molecular formula is C28H36F4O. The van der Waals surface area contributed by atoms with E-state index in [4.69, 9.17) is 0 Å². The Morgan fingerprint density at radius 3 is 2.45 bits per heavy atom. The highest BCUT2D eigenvalue weighted by Crippen LogP contribution is 2.48. The Labute approximate surface area is 194 Å². The summed E-state index contributed by atoms with van der Waals surface area (Å²) in [7, 11) is 0. The number of halogens is 4. The second-order valence-corrected chi connectivity index (χ2v) is 10.3. The molecular weight excluding hydrogens is 428 g/mol. The molecule has 182 valence electrons. The van der Waals surface area contributed by atoms with Crippen molar-refractivity contribution in [1.82, 2.24) is 0 Å². The van der Waals surface area contributed by atoms with Crippen molar-refractivity contribution >= 4 is 10.8 Å².